The molecule has 1 fully saturated rings. The van der Waals surface area contributed by atoms with Crippen LogP contribution in [-0.4, -0.2) is 14.2 Å². The molecule has 0 saturated heterocycles. The Balaban J connectivity index is 2.17. The minimum atomic E-state index is 0.142. The topological polar surface area (TPSA) is 56.5 Å². The lowest BCUT2D eigenvalue weighted by Gasteiger charge is -2.34. The van der Waals surface area contributed by atoms with Crippen molar-refractivity contribution in [3.8, 4) is 11.5 Å². The van der Waals surface area contributed by atoms with Gasteiger partial charge in [-0.2, -0.15) is 0 Å². The van der Waals surface area contributed by atoms with Crippen molar-refractivity contribution in [3.63, 3.8) is 0 Å². The van der Waals surface area contributed by atoms with Gasteiger partial charge in [-0.15, -0.1) is 0 Å². The number of rotatable bonds is 6. The van der Waals surface area contributed by atoms with Crippen molar-refractivity contribution in [2.45, 2.75) is 45.1 Å². The highest BCUT2D eigenvalue weighted by atomic mass is 16.5. The number of methoxy groups -OCH3 is 2. The van der Waals surface area contributed by atoms with Crippen LogP contribution in [0.15, 0.2) is 18.2 Å². The molecule has 1 aliphatic rings. The van der Waals surface area contributed by atoms with Gasteiger partial charge in [0.15, 0.2) is 0 Å². The Bertz CT molecular complexity index is 442. The summed E-state index contributed by atoms with van der Waals surface area (Å²) in [6.07, 6.45) is 6.35. The molecule has 0 heterocycles. The molecule has 21 heavy (non-hydrogen) atoms. The summed E-state index contributed by atoms with van der Waals surface area (Å²) in [6.45, 7) is 2.29. The van der Waals surface area contributed by atoms with Crippen LogP contribution in [0.5, 0.6) is 11.5 Å². The molecule has 0 amide bonds. The summed E-state index contributed by atoms with van der Waals surface area (Å²) in [4.78, 5) is 0. The van der Waals surface area contributed by atoms with E-state index in [1.807, 2.05) is 12.1 Å². The quantitative estimate of drug-likeness (QED) is 0.623. The maximum Gasteiger partial charge on any atom is 0.127 e. The number of hydrogen-bond acceptors (Lipinski definition) is 4. The second-order valence-electron chi connectivity index (χ2n) is 5.94. The molecule has 1 atom stereocenters. The average molecular weight is 292 g/mol. The van der Waals surface area contributed by atoms with Crippen LogP contribution in [0.2, 0.25) is 0 Å². The molecule has 0 spiro atoms. The van der Waals surface area contributed by atoms with Gasteiger partial charge < -0.3 is 9.47 Å². The van der Waals surface area contributed by atoms with Crippen LogP contribution in [0.1, 0.15) is 50.6 Å². The molecule has 0 radical (unpaired) electrons. The number of ether oxygens (including phenoxy) is 2. The van der Waals surface area contributed by atoms with Gasteiger partial charge in [0.1, 0.15) is 11.5 Å². The molecule has 118 valence electrons. The summed E-state index contributed by atoms with van der Waals surface area (Å²) in [6, 6.07) is 6.11. The largest absolute Gasteiger partial charge is 0.497 e. The Morgan fingerprint density at radius 1 is 1.19 bits per heavy atom. The number of nitrogens with two attached hydrogens (primary N) is 1. The van der Waals surface area contributed by atoms with E-state index in [-0.39, 0.29) is 6.04 Å². The highest BCUT2D eigenvalue weighted by Crippen LogP contribution is 2.40. The number of benzene rings is 1. The summed E-state index contributed by atoms with van der Waals surface area (Å²) < 4.78 is 10.8. The van der Waals surface area contributed by atoms with Gasteiger partial charge in [-0.3, -0.25) is 11.3 Å². The maximum absolute atomic E-state index is 5.86. The fourth-order valence-corrected chi connectivity index (χ4v) is 3.48. The summed E-state index contributed by atoms with van der Waals surface area (Å²) in [5.74, 6) is 8.97. The molecular weight excluding hydrogens is 264 g/mol. The Kier molecular flexibility index (Phi) is 5.88. The van der Waals surface area contributed by atoms with Crippen molar-refractivity contribution in [3.05, 3.63) is 23.8 Å². The molecule has 1 aromatic carbocycles. The van der Waals surface area contributed by atoms with E-state index >= 15 is 0 Å². The molecule has 3 N–H and O–H groups in total. The molecule has 2 rings (SSSR count). The van der Waals surface area contributed by atoms with Gasteiger partial charge in [0.05, 0.1) is 20.3 Å². The average Bonchev–Trinajstić information content (AvgIpc) is 2.56. The van der Waals surface area contributed by atoms with E-state index in [0.717, 1.165) is 23.0 Å². The number of hydrazine groups is 1. The first-order valence-corrected chi connectivity index (χ1v) is 7.91. The van der Waals surface area contributed by atoms with Gasteiger partial charge >= 0.3 is 0 Å². The van der Waals surface area contributed by atoms with Crippen LogP contribution in [0.3, 0.4) is 0 Å². The van der Waals surface area contributed by atoms with Crippen LogP contribution in [0.25, 0.3) is 0 Å². The van der Waals surface area contributed by atoms with E-state index in [1.54, 1.807) is 14.2 Å². The van der Waals surface area contributed by atoms with Gasteiger partial charge in [0.25, 0.3) is 0 Å². The molecule has 4 nitrogen and oxygen atoms in total. The molecular formula is C17H28N2O2. The Morgan fingerprint density at radius 2 is 1.90 bits per heavy atom. The predicted octanol–water partition coefficient (Wildman–Crippen LogP) is 3.42. The van der Waals surface area contributed by atoms with Crippen LogP contribution in [0, 0.1) is 11.8 Å². The zero-order valence-electron chi connectivity index (χ0n) is 13.4. The fraction of sp³-hybridized carbons (Fsp3) is 0.647. The molecule has 1 saturated carbocycles. The predicted molar refractivity (Wildman–Crippen MR) is 85.3 cm³/mol. The van der Waals surface area contributed by atoms with Crippen molar-refractivity contribution in [2.75, 3.05) is 14.2 Å². The summed E-state index contributed by atoms with van der Waals surface area (Å²) in [5.41, 5.74) is 4.14. The lowest BCUT2D eigenvalue weighted by Crippen LogP contribution is -2.35. The van der Waals surface area contributed by atoms with E-state index in [1.165, 1.54) is 32.1 Å². The smallest absolute Gasteiger partial charge is 0.127 e. The van der Waals surface area contributed by atoms with Gasteiger partial charge in [0.2, 0.25) is 0 Å². The van der Waals surface area contributed by atoms with Crippen molar-refractivity contribution in [1.82, 2.24) is 5.43 Å². The highest BCUT2D eigenvalue weighted by Gasteiger charge is 2.29. The van der Waals surface area contributed by atoms with Gasteiger partial charge in [-0.25, -0.2) is 0 Å². The van der Waals surface area contributed by atoms with Crippen molar-refractivity contribution >= 4 is 0 Å². The van der Waals surface area contributed by atoms with E-state index < -0.39 is 0 Å². The normalized spacial score (nSPS) is 23.6. The molecule has 4 heteroatoms. The van der Waals surface area contributed by atoms with Crippen molar-refractivity contribution < 1.29 is 9.47 Å². The Morgan fingerprint density at radius 3 is 2.43 bits per heavy atom. The van der Waals surface area contributed by atoms with E-state index in [9.17, 15) is 0 Å². The Labute approximate surface area is 128 Å². The van der Waals surface area contributed by atoms with Crippen LogP contribution in [-0.2, 0) is 0 Å². The van der Waals surface area contributed by atoms with Gasteiger partial charge in [-0.1, -0.05) is 32.3 Å². The van der Waals surface area contributed by atoms with Crippen LogP contribution < -0.4 is 20.7 Å². The summed E-state index contributed by atoms with van der Waals surface area (Å²) in [5, 5.41) is 0. The van der Waals surface area contributed by atoms with E-state index in [4.69, 9.17) is 15.3 Å². The lowest BCUT2D eigenvalue weighted by molar-refractivity contribution is 0.216. The third kappa shape index (κ3) is 3.69. The zero-order valence-corrected chi connectivity index (χ0v) is 13.4. The third-order valence-corrected chi connectivity index (χ3v) is 4.90. The van der Waals surface area contributed by atoms with Gasteiger partial charge in [-0.05, 0) is 30.7 Å². The van der Waals surface area contributed by atoms with Crippen molar-refractivity contribution in [2.24, 2.45) is 17.7 Å². The first-order valence-electron chi connectivity index (χ1n) is 7.91. The molecule has 1 unspecified atom stereocenters. The maximum atomic E-state index is 5.86. The monoisotopic (exact) mass is 292 g/mol. The number of hydrogen-bond donors (Lipinski definition) is 2. The summed E-state index contributed by atoms with van der Waals surface area (Å²) in [7, 11) is 3.36. The standard InChI is InChI=1S/C17H28N2O2/c1-4-12-5-7-13(8-6-12)17(19-18)15-10-9-14(20-2)11-16(15)21-3/h9-13,17,19H,4-8,18H2,1-3H3. The second-order valence-corrected chi connectivity index (χ2v) is 5.94. The first-order chi connectivity index (χ1) is 10.2. The minimum absolute atomic E-state index is 0.142. The molecule has 0 aromatic heterocycles. The number of nitrogens with one attached hydrogen (secondary N) is 1. The van der Waals surface area contributed by atoms with E-state index in [2.05, 4.69) is 18.4 Å². The van der Waals surface area contributed by atoms with Crippen LogP contribution >= 0.6 is 0 Å². The molecule has 0 aliphatic heterocycles. The van der Waals surface area contributed by atoms with Crippen molar-refractivity contribution in [1.29, 1.82) is 0 Å². The second kappa shape index (κ2) is 7.66. The molecule has 1 aliphatic carbocycles. The molecule has 1 aromatic rings. The third-order valence-electron chi connectivity index (χ3n) is 4.90. The first kappa shape index (κ1) is 16.1. The Hall–Kier alpha value is -1.26. The lowest BCUT2D eigenvalue weighted by atomic mass is 9.76. The van der Waals surface area contributed by atoms with Crippen LogP contribution in [0.4, 0.5) is 0 Å². The van der Waals surface area contributed by atoms with Gasteiger partial charge in [0, 0.05) is 11.6 Å². The SMILES string of the molecule is CCC1CCC(C(NN)c2ccc(OC)cc2OC)CC1. The highest BCUT2D eigenvalue weighted by molar-refractivity contribution is 5.42. The molecule has 0 bridgehead atoms. The van der Waals surface area contributed by atoms with E-state index in [0.29, 0.717) is 5.92 Å². The zero-order chi connectivity index (χ0) is 15.2. The minimum Gasteiger partial charge on any atom is -0.497 e. The summed E-state index contributed by atoms with van der Waals surface area (Å²) >= 11 is 0. The fourth-order valence-electron chi connectivity index (χ4n) is 3.48.